The van der Waals surface area contributed by atoms with Crippen molar-refractivity contribution in [1.82, 2.24) is 9.80 Å². The van der Waals surface area contributed by atoms with Gasteiger partial charge in [0.2, 0.25) is 11.8 Å². The molecule has 0 N–H and O–H groups in total. The van der Waals surface area contributed by atoms with E-state index < -0.39 is 9.84 Å². The maximum Gasteiger partial charge on any atom is 0.245 e. The predicted octanol–water partition coefficient (Wildman–Crippen LogP) is -0.357. The highest BCUT2D eigenvalue weighted by Gasteiger charge is 2.40. The Bertz CT molecular complexity index is 488. The average Bonchev–Trinajstić information content (AvgIpc) is 2.70. The highest BCUT2D eigenvalue weighted by atomic mass is 32.2. The van der Waals surface area contributed by atoms with Gasteiger partial charge in [0.25, 0.3) is 0 Å². The third-order valence-corrected chi connectivity index (χ3v) is 4.87. The number of hydrogen-bond acceptors (Lipinski definition) is 4. The van der Waals surface area contributed by atoms with Crippen molar-refractivity contribution >= 4 is 21.7 Å². The zero-order valence-corrected chi connectivity index (χ0v) is 12.1. The molecular weight excluding hydrogens is 268 g/mol. The van der Waals surface area contributed by atoms with Crippen LogP contribution in [0.15, 0.2) is 0 Å². The van der Waals surface area contributed by atoms with E-state index >= 15 is 0 Å². The molecule has 6 nitrogen and oxygen atoms in total. The van der Waals surface area contributed by atoms with E-state index in [0.717, 1.165) is 6.42 Å². The number of carbonyl (C=O) groups excluding carboxylic acids is 2. The molecule has 2 unspecified atom stereocenters. The summed E-state index contributed by atoms with van der Waals surface area (Å²) in [5.41, 5.74) is 0. The fourth-order valence-electron chi connectivity index (χ4n) is 2.95. The molecular formula is C12H20N2O4S. The van der Waals surface area contributed by atoms with Crippen molar-refractivity contribution in [3.05, 3.63) is 0 Å². The zero-order valence-electron chi connectivity index (χ0n) is 11.3. The smallest absolute Gasteiger partial charge is 0.245 e. The van der Waals surface area contributed by atoms with Gasteiger partial charge in [-0.3, -0.25) is 9.59 Å². The van der Waals surface area contributed by atoms with Crippen LogP contribution in [0.2, 0.25) is 0 Å². The predicted molar refractivity (Wildman–Crippen MR) is 70.2 cm³/mol. The number of rotatable bonds is 3. The van der Waals surface area contributed by atoms with Gasteiger partial charge in [-0.25, -0.2) is 8.42 Å². The van der Waals surface area contributed by atoms with Gasteiger partial charge in [0.15, 0.2) is 0 Å². The molecule has 2 fully saturated rings. The number of carbonyl (C=O) groups is 2. The lowest BCUT2D eigenvalue weighted by atomic mass is 10.2. The van der Waals surface area contributed by atoms with Crippen LogP contribution in [0.4, 0.5) is 0 Å². The molecule has 7 heteroatoms. The molecule has 0 aromatic rings. The van der Waals surface area contributed by atoms with Crippen molar-refractivity contribution in [3.63, 3.8) is 0 Å². The highest BCUT2D eigenvalue weighted by Crippen LogP contribution is 2.24. The number of fused-ring (bicyclic) bond motifs is 1. The van der Waals surface area contributed by atoms with Crippen LogP contribution < -0.4 is 0 Å². The van der Waals surface area contributed by atoms with Gasteiger partial charge in [0.1, 0.15) is 15.9 Å². The van der Waals surface area contributed by atoms with Gasteiger partial charge < -0.3 is 9.80 Å². The van der Waals surface area contributed by atoms with Gasteiger partial charge in [-0.1, -0.05) is 0 Å². The Morgan fingerprint density at radius 1 is 1.32 bits per heavy atom. The van der Waals surface area contributed by atoms with Gasteiger partial charge >= 0.3 is 0 Å². The van der Waals surface area contributed by atoms with E-state index in [1.54, 1.807) is 16.7 Å². The largest absolute Gasteiger partial charge is 0.337 e. The summed E-state index contributed by atoms with van der Waals surface area (Å²) in [7, 11) is -3.14. The van der Waals surface area contributed by atoms with Gasteiger partial charge in [-0.05, 0) is 19.8 Å². The molecule has 2 atom stereocenters. The molecule has 2 amide bonds. The molecule has 0 bridgehead atoms. The molecule has 2 rings (SSSR count). The summed E-state index contributed by atoms with van der Waals surface area (Å²) in [5, 5.41) is 0. The molecule has 2 aliphatic rings. The number of sulfone groups is 1. The van der Waals surface area contributed by atoms with Crippen molar-refractivity contribution in [3.8, 4) is 0 Å². The monoisotopic (exact) mass is 288 g/mol. The molecule has 2 saturated heterocycles. The third kappa shape index (κ3) is 3.08. The van der Waals surface area contributed by atoms with Gasteiger partial charge in [-0.2, -0.15) is 0 Å². The summed E-state index contributed by atoms with van der Waals surface area (Å²) in [4.78, 5) is 27.6. The Hall–Kier alpha value is -1.11. The Morgan fingerprint density at radius 3 is 2.63 bits per heavy atom. The van der Waals surface area contributed by atoms with Crippen LogP contribution in [0.3, 0.4) is 0 Å². The van der Waals surface area contributed by atoms with E-state index in [2.05, 4.69) is 0 Å². The lowest BCUT2D eigenvalue weighted by Gasteiger charge is -2.29. The third-order valence-electron chi connectivity index (χ3n) is 3.78. The zero-order chi connectivity index (χ0) is 14.2. The van der Waals surface area contributed by atoms with Crippen LogP contribution in [-0.4, -0.2) is 67.2 Å². The summed E-state index contributed by atoms with van der Waals surface area (Å²) in [6.45, 7) is 2.69. The minimum atomic E-state index is -3.14. The van der Waals surface area contributed by atoms with E-state index in [1.165, 1.54) is 6.26 Å². The molecule has 0 aromatic heterocycles. The van der Waals surface area contributed by atoms with Crippen LogP contribution in [0.5, 0.6) is 0 Å². The first-order valence-corrected chi connectivity index (χ1v) is 8.63. The van der Waals surface area contributed by atoms with Gasteiger partial charge in [-0.15, -0.1) is 0 Å². The minimum absolute atomic E-state index is 0.00454. The van der Waals surface area contributed by atoms with Crippen molar-refractivity contribution in [2.24, 2.45) is 0 Å². The van der Waals surface area contributed by atoms with Crippen LogP contribution in [-0.2, 0) is 19.4 Å². The van der Waals surface area contributed by atoms with Crippen molar-refractivity contribution < 1.29 is 18.0 Å². The molecule has 2 aliphatic heterocycles. The standard InChI is InChI=1S/C12H20N2O4S/c1-9(8-19(2,17)18)13-7-5-11(15)14-6-3-4-10(14)12(13)16/h9-10H,3-8H2,1-2H3. The Morgan fingerprint density at radius 2 is 2.00 bits per heavy atom. The molecule has 19 heavy (non-hydrogen) atoms. The Kier molecular flexibility index (Phi) is 3.85. The van der Waals surface area contributed by atoms with E-state index in [1.807, 2.05) is 0 Å². The second kappa shape index (κ2) is 5.11. The Balaban J connectivity index is 2.17. The Labute approximate surface area is 113 Å². The number of amides is 2. The van der Waals surface area contributed by atoms with Gasteiger partial charge in [0, 0.05) is 31.8 Å². The van der Waals surface area contributed by atoms with E-state index in [9.17, 15) is 18.0 Å². The molecule has 0 spiro atoms. The van der Waals surface area contributed by atoms with Crippen molar-refractivity contribution in [2.45, 2.75) is 38.3 Å². The normalized spacial score (nSPS) is 26.3. The average molecular weight is 288 g/mol. The molecule has 0 saturated carbocycles. The SMILES string of the molecule is CC(CS(C)(=O)=O)N1CCC(=O)N2CCCC2C1=O. The van der Waals surface area contributed by atoms with Crippen LogP contribution >= 0.6 is 0 Å². The highest BCUT2D eigenvalue weighted by molar-refractivity contribution is 7.90. The molecule has 0 aliphatic carbocycles. The minimum Gasteiger partial charge on any atom is -0.337 e. The topological polar surface area (TPSA) is 74.8 Å². The van der Waals surface area contributed by atoms with Gasteiger partial charge in [0.05, 0.1) is 5.75 Å². The fourth-order valence-corrected chi connectivity index (χ4v) is 4.01. The lowest BCUT2D eigenvalue weighted by molar-refractivity contribution is -0.140. The first kappa shape index (κ1) is 14.3. The molecule has 108 valence electrons. The molecule has 0 radical (unpaired) electrons. The summed E-state index contributed by atoms with van der Waals surface area (Å²) in [5.74, 6) is -0.149. The van der Waals surface area contributed by atoms with E-state index in [0.29, 0.717) is 19.5 Å². The summed E-state index contributed by atoms with van der Waals surface area (Å²) >= 11 is 0. The van der Waals surface area contributed by atoms with Crippen molar-refractivity contribution in [2.75, 3.05) is 25.1 Å². The number of hydrogen-bond donors (Lipinski definition) is 0. The fraction of sp³-hybridized carbons (Fsp3) is 0.833. The first-order chi connectivity index (χ1) is 8.79. The summed E-state index contributed by atoms with van der Waals surface area (Å²) in [6, 6.07) is -0.757. The number of nitrogens with zero attached hydrogens (tertiary/aromatic N) is 2. The van der Waals surface area contributed by atoms with Crippen LogP contribution in [0.25, 0.3) is 0 Å². The summed E-state index contributed by atoms with van der Waals surface area (Å²) in [6.07, 6.45) is 2.98. The quantitative estimate of drug-likeness (QED) is 0.711. The van der Waals surface area contributed by atoms with Crippen LogP contribution in [0.1, 0.15) is 26.2 Å². The second-order valence-electron chi connectivity index (χ2n) is 5.47. The first-order valence-electron chi connectivity index (χ1n) is 6.57. The second-order valence-corrected chi connectivity index (χ2v) is 7.65. The lowest BCUT2D eigenvalue weighted by Crippen LogP contribution is -2.48. The van der Waals surface area contributed by atoms with Crippen molar-refractivity contribution in [1.29, 1.82) is 0 Å². The summed E-state index contributed by atoms with van der Waals surface area (Å²) < 4.78 is 22.7. The van der Waals surface area contributed by atoms with E-state index in [-0.39, 0.29) is 36.1 Å². The maximum atomic E-state index is 12.4. The molecule has 0 aromatic carbocycles. The maximum absolute atomic E-state index is 12.4. The molecule has 2 heterocycles. The van der Waals surface area contributed by atoms with E-state index in [4.69, 9.17) is 0 Å². The van der Waals surface area contributed by atoms with Crippen LogP contribution in [0, 0.1) is 0 Å².